The molecule has 15 heavy (non-hydrogen) atoms. The molecule has 0 saturated heterocycles. The average Bonchev–Trinajstić information content (AvgIpc) is 2.25. The zero-order valence-corrected chi connectivity index (χ0v) is 9.46. The van der Waals surface area contributed by atoms with Crippen LogP contribution >= 0.6 is 0 Å². The number of aliphatic hydroxyl groups excluding tert-OH is 1. The maximum atomic E-state index is 11.3. The zero-order chi connectivity index (χ0) is 11.1. The van der Waals surface area contributed by atoms with Crippen molar-refractivity contribution >= 4 is 5.91 Å². The first-order valence-corrected chi connectivity index (χ1v) is 5.92. The maximum Gasteiger partial charge on any atom is 0.233 e. The molecule has 2 atom stereocenters. The molecule has 0 aromatic heterocycles. The number of hydrogen-bond acceptors (Lipinski definition) is 3. The first kappa shape index (κ1) is 12.5. The monoisotopic (exact) mass is 214 g/mol. The van der Waals surface area contributed by atoms with Crippen molar-refractivity contribution < 1.29 is 9.90 Å². The van der Waals surface area contributed by atoms with Gasteiger partial charge in [0.25, 0.3) is 0 Å². The van der Waals surface area contributed by atoms with Gasteiger partial charge in [-0.1, -0.05) is 19.8 Å². The van der Waals surface area contributed by atoms with Gasteiger partial charge in [0.15, 0.2) is 0 Å². The molecule has 0 aliphatic heterocycles. The molecule has 0 aromatic rings. The van der Waals surface area contributed by atoms with Crippen molar-refractivity contribution in [3.8, 4) is 0 Å². The molecule has 1 fully saturated rings. The summed E-state index contributed by atoms with van der Waals surface area (Å²) in [5, 5.41) is 15.6. The van der Waals surface area contributed by atoms with E-state index in [1.54, 1.807) is 0 Å². The van der Waals surface area contributed by atoms with Gasteiger partial charge in [0.2, 0.25) is 5.91 Å². The number of aliphatic hydroxyl groups is 1. The molecule has 4 heteroatoms. The lowest BCUT2D eigenvalue weighted by atomic mass is 9.93. The summed E-state index contributed by atoms with van der Waals surface area (Å²) >= 11 is 0. The standard InChI is InChI=1S/C11H22N2O2/c1-2-7-12-11(15)8-13-9-5-3-4-6-10(9)14/h9-10,13-14H,2-8H2,1H3,(H,12,15)/t9-,10-/m1/s1. The van der Waals surface area contributed by atoms with Crippen molar-refractivity contribution in [3.05, 3.63) is 0 Å². The van der Waals surface area contributed by atoms with E-state index in [-0.39, 0.29) is 18.1 Å². The quantitative estimate of drug-likeness (QED) is 0.621. The predicted octanol–water partition coefficient (Wildman–Crippen LogP) is 0.406. The van der Waals surface area contributed by atoms with Gasteiger partial charge in [0.1, 0.15) is 0 Å². The van der Waals surface area contributed by atoms with E-state index in [4.69, 9.17) is 0 Å². The third kappa shape index (κ3) is 4.62. The second-order valence-corrected chi connectivity index (χ2v) is 4.19. The summed E-state index contributed by atoms with van der Waals surface area (Å²) in [4.78, 5) is 11.3. The molecule has 1 amide bonds. The molecule has 0 spiro atoms. The summed E-state index contributed by atoms with van der Waals surface area (Å²) in [7, 11) is 0. The number of hydrogen-bond donors (Lipinski definition) is 3. The van der Waals surface area contributed by atoms with Crippen LogP contribution in [0.25, 0.3) is 0 Å². The molecule has 1 saturated carbocycles. The molecule has 1 aliphatic carbocycles. The number of nitrogens with one attached hydrogen (secondary N) is 2. The van der Waals surface area contributed by atoms with E-state index in [1.807, 2.05) is 6.92 Å². The van der Waals surface area contributed by atoms with Crippen molar-refractivity contribution in [3.63, 3.8) is 0 Å². The molecule has 1 aliphatic rings. The molecule has 0 heterocycles. The van der Waals surface area contributed by atoms with Crippen LogP contribution in [0.3, 0.4) is 0 Å². The normalized spacial score (nSPS) is 26.3. The average molecular weight is 214 g/mol. The van der Waals surface area contributed by atoms with Crippen molar-refractivity contribution in [2.45, 2.75) is 51.2 Å². The Morgan fingerprint density at radius 2 is 2.13 bits per heavy atom. The van der Waals surface area contributed by atoms with Gasteiger partial charge in [0, 0.05) is 12.6 Å². The van der Waals surface area contributed by atoms with Crippen molar-refractivity contribution in [1.29, 1.82) is 0 Å². The van der Waals surface area contributed by atoms with Crippen LogP contribution in [0.1, 0.15) is 39.0 Å². The molecule has 88 valence electrons. The van der Waals surface area contributed by atoms with E-state index in [2.05, 4.69) is 10.6 Å². The third-order valence-corrected chi connectivity index (χ3v) is 2.83. The van der Waals surface area contributed by atoms with Crippen LogP contribution in [-0.2, 0) is 4.79 Å². The molecule has 4 nitrogen and oxygen atoms in total. The highest BCUT2D eigenvalue weighted by molar-refractivity contribution is 5.77. The molecule has 1 rings (SSSR count). The summed E-state index contributed by atoms with van der Waals surface area (Å²) in [6, 6.07) is 0.103. The van der Waals surface area contributed by atoms with E-state index >= 15 is 0 Å². The molecule has 0 unspecified atom stereocenters. The predicted molar refractivity (Wildman–Crippen MR) is 59.6 cm³/mol. The van der Waals surface area contributed by atoms with Crippen molar-refractivity contribution in [1.82, 2.24) is 10.6 Å². The Balaban J connectivity index is 2.14. The van der Waals surface area contributed by atoms with E-state index in [1.165, 1.54) is 0 Å². The number of carbonyl (C=O) groups excluding carboxylic acids is 1. The molecule has 0 aromatic carbocycles. The fourth-order valence-corrected chi connectivity index (χ4v) is 1.90. The van der Waals surface area contributed by atoms with Gasteiger partial charge in [-0.25, -0.2) is 0 Å². The Morgan fingerprint density at radius 3 is 2.80 bits per heavy atom. The number of carbonyl (C=O) groups is 1. The Bertz CT molecular complexity index is 197. The lowest BCUT2D eigenvalue weighted by Crippen LogP contribution is -2.46. The van der Waals surface area contributed by atoms with Crippen LogP contribution in [0.15, 0.2) is 0 Å². The lowest BCUT2D eigenvalue weighted by molar-refractivity contribution is -0.120. The van der Waals surface area contributed by atoms with Crippen molar-refractivity contribution in [2.24, 2.45) is 0 Å². The topological polar surface area (TPSA) is 61.4 Å². The Morgan fingerprint density at radius 1 is 1.40 bits per heavy atom. The summed E-state index contributed by atoms with van der Waals surface area (Å²) in [6.45, 7) is 3.08. The Hall–Kier alpha value is -0.610. The molecular weight excluding hydrogens is 192 g/mol. The van der Waals surface area contributed by atoms with E-state index < -0.39 is 0 Å². The van der Waals surface area contributed by atoms with Crippen LogP contribution in [-0.4, -0.2) is 36.2 Å². The molecule has 0 bridgehead atoms. The summed E-state index contributed by atoms with van der Waals surface area (Å²) in [5.74, 6) is 0.0228. The number of rotatable bonds is 5. The van der Waals surface area contributed by atoms with Gasteiger partial charge >= 0.3 is 0 Å². The highest BCUT2D eigenvalue weighted by atomic mass is 16.3. The van der Waals surface area contributed by atoms with Crippen LogP contribution in [0.4, 0.5) is 0 Å². The fraction of sp³-hybridized carbons (Fsp3) is 0.909. The van der Waals surface area contributed by atoms with Crippen molar-refractivity contribution in [2.75, 3.05) is 13.1 Å². The fourth-order valence-electron chi connectivity index (χ4n) is 1.90. The van der Waals surface area contributed by atoms with Gasteiger partial charge in [-0.05, 0) is 19.3 Å². The Labute approximate surface area is 91.4 Å². The summed E-state index contributed by atoms with van der Waals surface area (Å²) in [6.07, 6.45) is 4.75. The third-order valence-electron chi connectivity index (χ3n) is 2.83. The Kier molecular flexibility index (Phi) is 5.65. The maximum absolute atomic E-state index is 11.3. The minimum atomic E-state index is -0.280. The zero-order valence-electron chi connectivity index (χ0n) is 9.46. The van der Waals surface area contributed by atoms with Crippen LogP contribution in [0.2, 0.25) is 0 Å². The minimum absolute atomic E-state index is 0.0228. The van der Waals surface area contributed by atoms with E-state index in [9.17, 15) is 9.90 Å². The molecular formula is C11H22N2O2. The highest BCUT2D eigenvalue weighted by Gasteiger charge is 2.22. The second kappa shape index (κ2) is 6.80. The van der Waals surface area contributed by atoms with Gasteiger partial charge in [-0.2, -0.15) is 0 Å². The van der Waals surface area contributed by atoms with Gasteiger partial charge in [0.05, 0.1) is 12.6 Å². The largest absolute Gasteiger partial charge is 0.392 e. The van der Waals surface area contributed by atoms with Crippen LogP contribution < -0.4 is 10.6 Å². The SMILES string of the molecule is CCCNC(=O)CN[C@@H]1CCCC[C@H]1O. The summed E-state index contributed by atoms with van der Waals surface area (Å²) < 4.78 is 0. The van der Waals surface area contributed by atoms with Crippen LogP contribution in [0.5, 0.6) is 0 Å². The first-order chi connectivity index (χ1) is 7.24. The van der Waals surface area contributed by atoms with E-state index in [0.29, 0.717) is 6.54 Å². The molecule has 0 radical (unpaired) electrons. The number of amides is 1. The minimum Gasteiger partial charge on any atom is -0.392 e. The summed E-state index contributed by atoms with van der Waals surface area (Å²) in [5.41, 5.74) is 0. The van der Waals surface area contributed by atoms with Gasteiger partial charge in [-0.15, -0.1) is 0 Å². The van der Waals surface area contributed by atoms with Crippen LogP contribution in [0, 0.1) is 0 Å². The van der Waals surface area contributed by atoms with E-state index in [0.717, 1.165) is 38.6 Å². The lowest BCUT2D eigenvalue weighted by Gasteiger charge is -2.28. The second-order valence-electron chi connectivity index (χ2n) is 4.19. The smallest absolute Gasteiger partial charge is 0.233 e. The van der Waals surface area contributed by atoms with Gasteiger partial charge < -0.3 is 15.7 Å². The van der Waals surface area contributed by atoms with Gasteiger partial charge in [-0.3, -0.25) is 4.79 Å². The highest BCUT2D eigenvalue weighted by Crippen LogP contribution is 2.17. The first-order valence-electron chi connectivity index (χ1n) is 5.92. The molecule has 3 N–H and O–H groups in total.